The normalized spacial score (nSPS) is 12.0. The summed E-state index contributed by atoms with van der Waals surface area (Å²) in [5.74, 6) is -0.772. The van der Waals surface area contributed by atoms with Crippen molar-refractivity contribution in [3.05, 3.63) is 62.0 Å². The van der Waals surface area contributed by atoms with Crippen LogP contribution in [0.2, 0.25) is 0 Å². The van der Waals surface area contributed by atoms with E-state index in [9.17, 15) is 14.4 Å². The van der Waals surface area contributed by atoms with Crippen LogP contribution in [0.15, 0.2) is 29.1 Å². The summed E-state index contributed by atoms with van der Waals surface area (Å²) < 4.78 is 10.5. The molecule has 7 nitrogen and oxygen atoms in total. The van der Waals surface area contributed by atoms with E-state index in [2.05, 4.69) is 9.97 Å². The van der Waals surface area contributed by atoms with Gasteiger partial charge in [0, 0.05) is 0 Å². The number of nitrogens with zero attached hydrogens (tertiary/aromatic N) is 1. The zero-order chi connectivity index (χ0) is 20.4. The first-order valence-electron chi connectivity index (χ1n) is 8.79. The largest absolute Gasteiger partial charge is 0.462 e. The molecular weight excluding hydrogens is 380 g/mol. The second-order valence-corrected chi connectivity index (χ2v) is 7.32. The Balaban J connectivity index is 1.92. The van der Waals surface area contributed by atoms with Gasteiger partial charge in [-0.2, -0.15) is 0 Å². The van der Waals surface area contributed by atoms with Crippen molar-refractivity contribution in [3.8, 4) is 0 Å². The standard InChI is InChI=1S/C20H20N2O5S/c1-5-26-20(25)15-11(3)14-17(23)21-16(22-18(14)28-15)12(4)27-19(24)13-8-6-7-10(2)9-13/h6-9,12H,5H2,1-4H3,(H,21,22,23)/t12-/m0/s1. The Morgan fingerprint density at radius 3 is 2.68 bits per heavy atom. The third-order valence-electron chi connectivity index (χ3n) is 4.20. The van der Waals surface area contributed by atoms with Crippen LogP contribution >= 0.6 is 11.3 Å². The summed E-state index contributed by atoms with van der Waals surface area (Å²) in [6.45, 7) is 7.16. The molecule has 2 heterocycles. The second kappa shape index (κ2) is 7.93. The lowest BCUT2D eigenvalue weighted by molar-refractivity contribution is 0.0319. The average molecular weight is 400 g/mol. The number of aromatic amines is 1. The molecule has 2 aromatic heterocycles. The minimum Gasteiger partial charge on any atom is -0.462 e. The number of aryl methyl sites for hydroxylation is 2. The van der Waals surface area contributed by atoms with E-state index in [1.807, 2.05) is 13.0 Å². The summed E-state index contributed by atoms with van der Waals surface area (Å²) in [4.78, 5) is 44.8. The number of thiophene rings is 1. The predicted molar refractivity (Wildman–Crippen MR) is 106 cm³/mol. The number of hydrogen-bond acceptors (Lipinski definition) is 7. The molecule has 1 N–H and O–H groups in total. The minimum atomic E-state index is -0.765. The van der Waals surface area contributed by atoms with Gasteiger partial charge in [-0.15, -0.1) is 11.3 Å². The van der Waals surface area contributed by atoms with Crippen LogP contribution in [0.25, 0.3) is 10.2 Å². The number of carbonyl (C=O) groups is 2. The Morgan fingerprint density at radius 2 is 2.00 bits per heavy atom. The molecule has 0 spiro atoms. The summed E-state index contributed by atoms with van der Waals surface area (Å²) in [6.07, 6.45) is -0.765. The fraction of sp³-hybridized carbons (Fsp3) is 0.300. The van der Waals surface area contributed by atoms with Gasteiger partial charge in [-0.1, -0.05) is 17.7 Å². The summed E-state index contributed by atoms with van der Waals surface area (Å²) in [5, 5.41) is 0.342. The Bertz CT molecular complexity index is 1120. The van der Waals surface area contributed by atoms with Crippen LogP contribution in [0.3, 0.4) is 0 Å². The van der Waals surface area contributed by atoms with Crippen molar-refractivity contribution in [2.75, 3.05) is 6.61 Å². The summed E-state index contributed by atoms with van der Waals surface area (Å²) in [5.41, 5.74) is 1.51. The number of carbonyl (C=O) groups excluding carboxylic acids is 2. The van der Waals surface area contributed by atoms with E-state index in [0.29, 0.717) is 26.2 Å². The highest BCUT2D eigenvalue weighted by Crippen LogP contribution is 2.28. The van der Waals surface area contributed by atoms with Crippen molar-refractivity contribution in [2.24, 2.45) is 0 Å². The van der Waals surface area contributed by atoms with Crippen LogP contribution in [0.1, 0.15) is 56.9 Å². The Hall–Kier alpha value is -3.00. The molecule has 28 heavy (non-hydrogen) atoms. The molecule has 3 rings (SSSR count). The van der Waals surface area contributed by atoms with Gasteiger partial charge in [-0.25, -0.2) is 14.6 Å². The lowest BCUT2D eigenvalue weighted by Gasteiger charge is -2.12. The van der Waals surface area contributed by atoms with E-state index >= 15 is 0 Å². The molecule has 0 amide bonds. The summed E-state index contributed by atoms with van der Waals surface area (Å²) in [7, 11) is 0. The molecular formula is C20H20N2O5S. The van der Waals surface area contributed by atoms with Crippen molar-refractivity contribution >= 4 is 33.5 Å². The van der Waals surface area contributed by atoms with Crippen LogP contribution in [-0.4, -0.2) is 28.5 Å². The highest BCUT2D eigenvalue weighted by molar-refractivity contribution is 7.20. The van der Waals surface area contributed by atoms with E-state index in [-0.39, 0.29) is 18.0 Å². The highest BCUT2D eigenvalue weighted by atomic mass is 32.1. The molecule has 146 valence electrons. The number of rotatable bonds is 5. The zero-order valence-corrected chi connectivity index (χ0v) is 16.8. The fourth-order valence-corrected chi connectivity index (χ4v) is 3.88. The van der Waals surface area contributed by atoms with E-state index in [0.717, 1.165) is 16.9 Å². The first-order chi connectivity index (χ1) is 13.3. The van der Waals surface area contributed by atoms with Crippen LogP contribution in [0.4, 0.5) is 0 Å². The molecule has 0 unspecified atom stereocenters. The minimum absolute atomic E-state index is 0.218. The Labute approximate surface area is 165 Å². The fourth-order valence-electron chi connectivity index (χ4n) is 2.80. The Kier molecular flexibility index (Phi) is 5.60. The van der Waals surface area contributed by atoms with Crippen molar-refractivity contribution in [1.82, 2.24) is 9.97 Å². The molecule has 0 fully saturated rings. The number of H-pyrrole nitrogens is 1. The number of aromatic nitrogens is 2. The van der Waals surface area contributed by atoms with Gasteiger partial charge < -0.3 is 14.5 Å². The van der Waals surface area contributed by atoms with Crippen LogP contribution in [-0.2, 0) is 9.47 Å². The number of esters is 2. The molecule has 0 aliphatic carbocycles. The van der Waals surface area contributed by atoms with Gasteiger partial charge in [0.25, 0.3) is 5.56 Å². The SMILES string of the molecule is CCOC(=O)c1sc2nc([C@H](C)OC(=O)c3cccc(C)c3)[nH]c(=O)c2c1C. The maximum Gasteiger partial charge on any atom is 0.348 e. The second-order valence-electron chi connectivity index (χ2n) is 6.32. The molecule has 0 aliphatic rings. The van der Waals surface area contributed by atoms with Gasteiger partial charge >= 0.3 is 11.9 Å². The van der Waals surface area contributed by atoms with Gasteiger partial charge in [0.2, 0.25) is 0 Å². The molecule has 3 aromatic rings. The van der Waals surface area contributed by atoms with Crippen LogP contribution < -0.4 is 5.56 Å². The van der Waals surface area contributed by atoms with Gasteiger partial charge in [0.05, 0.1) is 17.6 Å². The first kappa shape index (κ1) is 19.8. The molecule has 0 bridgehead atoms. The molecule has 1 aromatic carbocycles. The highest BCUT2D eigenvalue weighted by Gasteiger charge is 2.22. The predicted octanol–water partition coefficient (Wildman–Crippen LogP) is 3.70. The third-order valence-corrected chi connectivity index (χ3v) is 5.37. The number of hydrogen-bond donors (Lipinski definition) is 1. The van der Waals surface area contributed by atoms with Crippen LogP contribution in [0.5, 0.6) is 0 Å². The molecule has 0 saturated carbocycles. The van der Waals surface area contributed by atoms with Crippen molar-refractivity contribution < 1.29 is 19.1 Å². The molecule has 0 aliphatic heterocycles. The lowest BCUT2D eigenvalue weighted by atomic mass is 10.1. The molecule has 8 heteroatoms. The quantitative estimate of drug-likeness (QED) is 0.656. The topological polar surface area (TPSA) is 98.3 Å². The van der Waals surface area contributed by atoms with Gasteiger partial charge in [0.15, 0.2) is 11.9 Å². The maximum atomic E-state index is 12.5. The number of benzene rings is 1. The maximum absolute atomic E-state index is 12.5. The summed E-state index contributed by atoms with van der Waals surface area (Å²) in [6, 6.07) is 7.04. The van der Waals surface area contributed by atoms with E-state index in [4.69, 9.17) is 9.47 Å². The molecule has 0 radical (unpaired) electrons. The number of nitrogens with one attached hydrogen (secondary N) is 1. The van der Waals surface area contributed by atoms with E-state index < -0.39 is 18.0 Å². The Morgan fingerprint density at radius 1 is 1.25 bits per heavy atom. The number of ether oxygens (including phenoxy) is 2. The third kappa shape index (κ3) is 3.82. The van der Waals surface area contributed by atoms with Crippen molar-refractivity contribution in [2.45, 2.75) is 33.8 Å². The van der Waals surface area contributed by atoms with Crippen LogP contribution in [0, 0.1) is 13.8 Å². The van der Waals surface area contributed by atoms with Crippen molar-refractivity contribution in [3.63, 3.8) is 0 Å². The number of fused-ring (bicyclic) bond motifs is 1. The lowest BCUT2D eigenvalue weighted by Crippen LogP contribution is -2.17. The first-order valence-corrected chi connectivity index (χ1v) is 9.61. The summed E-state index contributed by atoms with van der Waals surface area (Å²) >= 11 is 1.09. The zero-order valence-electron chi connectivity index (χ0n) is 16.0. The molecule has 0 saturated heterocycles. The van der Waals surface area contributed by atoms with Gasteiger partial charge in [-0.05, 0) is 45.4 Å². The monoisotopic (exact) mass is 400 g/mol. The van der Waals surface area contributed by atoms with E-state index in [1.165, 1.54) is 0 Å². The average Bonchev–Trinajstić information content (AvgIpc) is 2.99. The smallest absolute Gasteiger partial charge is 0.348 e. The van der Waals surface area contributed by atoms with E-state index in [1.54, 1.807) is 39.0 Å². The van der Waals surface area contributed by atoms with Gasteiger partial charge in [-0.3, -0.25) is 4.79 Å². The van der Waals surface area contributed by atoms with Gasteiger partial charge in [0.1, 0.15) is 9.71 Å². The van der Waals surface area contributed by atoms with Crippen molar-refractivity contribution in [1.29, 1.82) is 0 Å². The molecule has 1 atom stereocenters.